The molecule has 1 N–H and O–H groups in total. The van der Waals surface area contributed by atoms with Crippen molar-refractivity contribution in [3.63, 3.8) is 0 Å². The van der Waals surface area contributed by atoms with Crippen LogP contribution >= 0.6 is 0 Å². The van der Waals surface area contributed by atoms with E-state index < -0.39 is 0 Å². The average molecular weight is 438 g/mol. The molecule has 2 aromatic carbocycles. The highest BCUT2D eigenvalue weighted by molar-refractivity contribution is 5.90. The lowest BCUT2D eigenvalue weighted by Crippen LogP contribution is -2.40. The van der Waals surface area contributed by atoms with Crippen LogP contribution in [0.25, 0.3) is 22.6 Å². The van der Waals surface area contributed by atoms with Crippen LogP contribution < -0.4 is 5.32 Å². The summed E-state index contributed by atoms with van der Waals surface area (Å²) in [4.78, 5) is 23.5. The summed E-state index contributed by atoms with van der Waals surface area (Å²) in [5, 5.41) is 7.15. The normalized spacial score (nSPS) is 15.2. The number of nitrogens with zero attached hydrogens (tertiary/aromatic N) is 4. The second kappa shape index (κ2) is 8.16. The first-order valence-corrected chi connectivity index (χ1v) is 11.3. The Balaban J connectivity index is 1.08. The number of carbonyl (C=O) groups excluding carboxylic acids is 1. The summed E-state index contributed by atoms with van der Waals surface area (Å²) in [6.45, 7) is 1.29. The van der Waals surface area contributed by atoms with Gasteiger partial charge in [-0.3, -0.25) is 4.98 Å². The first-order valence-electron chi connectivity index (χ1n) is 11.3. The smallest absolute Gasteiger partial charge is 0.321 e. The van der Waals surface area contributed by atoms with Gasteiger partial charge in [-0.05, 0) is 65.8 Å². The van der Waals surface area contributed by atoms with Crippen LogP contribution in [0.4, 0.5) is 10.5 Å². The Labute approximate surface area is 191 Å². The number of pyridine rings is 1. The molecule has 0 unspecified atom stereocenters. The molecule has 0 saturated carbocycles. The van der Waals surface area contributed by atoms with E-state index in [1.54, 1.807) is 6.20 Å². The highest BCUT2D eigenvalue weighted by Gasteiger charge is 2.28. The number of hydrogen-bond donors (Lipinski definition) is 1. The molecule has 0 bridgehead atoms. The van der Waals surface area contributed by atoms with E-state index in [0.717, 1.165) is 24.9 Å². The van der Waals surface area contributed by atoms with E-state index in [1.807, 2.05) is 29.2 Å². The molecule has 6 rings (SSSR count). The lowest BCUT2D eigenvalue weighted by atomic mass is 9.97. The van der Waals surface area contributed by atoms with Gasteiger partial charge in [-0.25, -0.2) is 4.79 Å². The van der Waals surface area contributed by atoms with Crippen molar-refractivity contribution in [2.75, 3.05) is 18.4 Å². The second-order valence-electron chi connectivity index (χ2n) is 8.57. The minimum absolute atomic E-state index is 0.0661. The predicted octanol–water partition coefficient (Wildman–Crippen LogP) is 5.11. The van der Waals surface area contributed by atoms with Gasteiger partial charge in [0.1, 0.15) is 5.69 Å². The van der Waals surface area contributed by atoms with E-state index in [-0.39, 0.29) is 11.9 Å². The van der Waals surface area contributed by atoms with Crippen LogP contribution in [-0.2, 0) is 6.42 Å². The fraction of sp³-hybridized carbons (Fsp3) is 0.231. The fourth-order valence-electron chi connectivity index (χ4n) is 4.76. The Bertz CT molecular complexity index is 1310. The number of nitrogens with one attached hydrogen (secondary N) is 1. The summed E-state index contributed by atoms with van der Waals surface area (Å²) in [5.74, 6) is 1.27. The predicted molar refractivity (Wildman–Crippen MR) is 125 cm³/mol. The summed E-state index contributed by atoms with van der Waals surface area (Å²) >= 11 is 0. The topological polar surface area (TPSA) is 84.2 Å². The summed E-state index contributed by atoms with van der Waals surface area (Å²) in [6, 6.07) is 20.2. The number of urea groups is 1. The van der Waals surface area contributed by atoms with E-state index in [0.29, 0.717) is 30.5 Å². The molecule has 4 aromatic rings. The quantitative estimate of drug-likeness (QED) is 0.424. The van der Waals surface area contributed by atoms with E-state index in [9.17, 15) is 4.79 Å². The Morgan fingerprint density at radius 3 is 2.64 bits per heavy atom. The van der Waals surface area contributed by atoms with Crippen molar-refractivity contribution in [1.82, 2.24) is 20.0 Å². The molecule has 0 spiro atoms. The van der Waals surface area contributed by atoms with Crippen molar-refractivity contribution in [2.24, 2.45) is 0 Å². The van der Waals surface area contributed by atoms with Crippen molar-refractivity contribution >= 4 is 11.7 Å². The van der Waals surface area contributed by atoms with Gasteiger partial charge in [0.25, 0.3) is 0 Å². The molecule has 2 aromatic heterocycles. The molecule has 7 nitrogen and oxygen atoms in total. The summed E-state index contributed by atoms with van der Waals surface area (Å²) < 4.78 is 5.50. The van der Waals surface area contributed by atoms with Crippen molar-refractivity contribution in [2.45, 2.75) is 25.2 Å². The highest BCUT2D eigenvalue weighted by atomic mass is 16.5. The summed E-state index contributed by atoms with van der Waals surface area (Å²) in [6.07, 6.45) is 4.20. The number of amides is 2. The molecule has 2 amide bonds. The molecule has 1 saturated heterocycles. The minimum Gasteiger partial charge on any atom is -0.339 e. The number of hydrogen-bond acceptors (Lipinski definition) is 5. The lowest BCUT2D eigenvalue weighted by Gasteiger charge is -2.30. The minimum atomic E-state index is -0.0661. The van der Waals surface area contributed by atoms with E-state index in [2.05, 4.69) is 56.8 Å². The summed E-state index contributed by atoms with van der Waals surface area (Å²) in [7, 11) is 0. The number of fused-ring (bicyclic) bond motifs is 3. The van der Waals surface area contributed by atoms with Crippen LogP contribution in [0.5, 0.6) is 0 Å². The standard InChI is InChI=1S/C26H23N5O2/c32-26(28-20-8-9-22-19(16-20)15-18-5-1-2-6-21(18)22)31-13-10-17(11-14-31)25-29-24(30-33-25)23-7-3-4-12-27-23/h1-9,12,16-17H,10-11,13-15H2,(H,28,32). The van der Waals surface area contributed by atoms with Crippen LogP contribution in [0.1, 0.15) is 35.8 Å². The molecular weight excluding hydrogens is 414 g/mol. The van der Waals surface area contributed by atoms with Crippen LogP contribution in [0.3, 0.4) is 0 Å². The van der Waals surface area contributed by atoms with Gasteiger partial charge in [0.05, 0.1) is 0 Å². The third kappa shape index (κ3) is 3.75. The maximum Gasteiger partial charge on any atom is 0.321 e. The molecule has 3 heterocycles. The lowest BCUT2D eigenvalue weighted by molar-refractivity contribution is 0.187. The third-order valence-electron chi connectivity index (χ3n) is 6.51. The van der Waals surface area contributed by atoms with Crippen molar-refractivity contribution in [3.8, 4) is 22.6 Å². The monoisotopic (exact) mass is 437 g/mol. The first-order chi connectivity index (χ1) is 16.2. The molecule has 1 aliphatic carbocycles. The zero-order valence-corrected chi connectivity index (χ0v) is 18.1. The summed E-state index contributed by atoms with van der Waals surface area (Å²) in [5.41, 5.74) is 6.68. The first kappa shape index (κ1) is 19.7. The maximum absolute atomic E-state index is 12.9. The Kier molecular flexibility index (Phi) is 4.87. The maximum atomic E-state index is 12.9. The fourth-order valence-corrected chi connectivity index (χ4v) is 4.76. The van der Waals surface area contributed by atoms with Crippen LogP contribution in [0, 0.1) is 0 Å². The average Bonchev–Trinajstić information content (AvgIpc) is 3.50. The SMILES string of the molecule is O=C(Nc1ccc2c(c1)Cc1ccccc1-2)N1CCC(c2nc(-c3ccccn3)no2)CC1. The molecule has 7 heteroatoms. The second-order valence-corrected chi connectivity index (χ2v) is 8.57. The molecule has 1 fully saturated rings. The van der Waals surface area contributed by atoms with Gasteiger partial charge in [-0.2, -0.15) is 4.98 Å². The van der Waals surface area contributed by atoms with Crippen LogP contribution in [0.15, 0.2) is 71.4 Å². The number of likely N-dealkylation sites (tertiary alicyclic amines) is 1. The number of anilines is 1. The third-order valence-corrected chi connectivity index (χ3v) is 6.51. The Hall–Kier alpha value is -4.00. The molecule has 1 aliphatic heterocycles. The number of carbonyl (C=O) groups is 1. The molecule has 2 aliphatic rings. The number of aromatic nitrogens is 3. The van der Waals surface area contributed by atoms with Gasteiger partial charge in [-0.15, -0.1) is 0 Å². The molecule has 0 atom stereocenters. The van der Waals surface area contributed by atoms with E-state index in [1.165, 1.54) is 22.3 Å². The molecule has 33 heavy (non-hydrogen) atoms. The molecule has 0 radical (unpaired) electrons. The zero-order valence-electron chi connectivity index (χ0n) is 18.1. The zero-order chi connectivity index (χ0) is 22.2. The van der Waals surface area contributed by atoms with Crippen molar-refractivity contribution in [1.29, 1.82) is 0 Å². The van der Waals surface area contributed by atoms with Gasteiger partial charge < -0.3 is 14.7 Å². The van der Waals surface area contributed by atoms with Gasteiger partial charge in [0.2, 0.25) is 11.7 Å². The van der Waals surface area contributed by atoms with Crippen LogP contribution in [0.2, 0.25) is 0 Å². The number of benzene rings is 2. The Morgan fingerprint density at radius 2 is 1.79 bits per heavy atom. The van der Waals surface area contributed by atoms with Gasteiger partial charge in [0.15, 0.2) is 0 Å². The van der Waals surface area contributed by atoms with Gasteiger partial charge in [0, 0.05) is 30.9 Å². The number of rotatable bonds is 3. The van der Waals surface area contributed by atoms with Crippen molar-refractivity contribution < 1.29 is 9.32 Å². The van der Waals surface area contributed by atoms with Gasteiger partial charge in [-0.1, -0.05) is 41.6 Å². The molecular formula is C26H23N5O2. The molecule has 164 valence electrons. The van der Waals surface area contributed by atoms with Gasteiger partial charge >= 0.3 is 6.03 Å². The van der Waals surface area contributed by atoms with E-state index >= 15 is 0 Å². The Morgan fingerprint density at radius 1 is 0.970 bits per heavy atom. The van der Waals surface area contributed by atoms with Crippen LogP contribution in [-0.4, -0.2) is 39.1 Å². The van der Waals surface area contributed by atoms with Crippen molar-refractivity contribution in [3.05, 3.63) is 83.9 Å². The number of piperidine rings is 1. The largest absolute Gasteiger partial charge is 0.339 e. The highest BCUT2D eigenvalue weighted by Crippen LogP contribution is 2.37. The van der Waals surface area contributed by atoms with E-state index in [4.69, 9.17) is 4.52 Å².